The molecule has 1 N–H and O–H groups in total. The third kappa shape index (κ3) is 5.41. The molecule has 6 heteroatoms. The van der Waals surface area contributed by atoms with Crippen LogP contribution in [-0.2, 0) is 20.2 Å². The van der Waals surface area contributed by atoms with Crippen molar-refractivity contribution >= 4 is 15.9 Å². The number of aryl methyl sites for hydroxylation is 2. The Labute approximate surface area is 221 Å². The van der Waals surface area contributed by atoms with Gasteiger partial charge in [-0.2, -0.15) is 4.31 Å². The molecule has 1 aliphatic rings. The fourth-order valence-electron chi connectivity index (χ4n) is 4.83. The molecule has 1 heterocycles. The Bertz CT molecular complexity index is 1400. The highest BCUT2D eigenvalue weighted by Crippen LogP contribution is 2.46. The van der Waals surface area contributed by atoms with Crippen molar-refractivity contribution in [3.63, 3.8) is 0 Å². The zero-order valence-electron chi connectivity index (χ0n) is 22.4. The first-order valence-corrected chi connectivity index (χ1v) is 14.1. The molecule has 0 saturated carbocycles. The molecule has 3 aromatic carbocycles. The molecule has 37 heavy (non-hydrogen) atoms. The van der Waals surface area contributed by atoms with Gasteiger partial charge in [-0.15, -0.1) is 0 Å². The van der Waals surface area contributed by atoms with Gasteiger partial charge in [-0.25, -0.2) is 8.42 Å². The van der Waals surface area contributed by atoms with Gasteiger partial charge in [0.2, 0.25) is 15.9 Å². The standard InChI is InChI=1S/C31H36N2O3S/c1-21-7-11-23(12-8-21)28-20-19-27(30(34)32-6)29(24-13-15-25(16-14-24)31(3,4)5)33(28)37(35,36)26-17-9-22(2)10-18-26/h7-19,28-29H,20H2,1-6H3,(H,32,34). The molecule has 3 aromatic rings. The van der Waals surface area contributed by atoms with Gasteiger partial charge in [0.05, 0.1) is 17.0 Å². The van der Waals surface area contributed by atoms with Gasteiger partial charge in [-0.1, -0.05) is 98.6 Å². The number of benzene rings is 3. The Hall–Kier alpha value is -3.22. The van der Waals surface area contributed by atoms with Gasteiger partial charge in [0.1, 0.15) is 0 Å². The normalized spacial score (nSPS) is 18.8. The van der Waals surface area contributed by atoms with Crippen LogP contribution in [0.25, 0.3) is 0 Å². The summed E-state index contributed by atoms with van der Waals surface area (Å²) in [4.78, 5) is 13.3. The van der Waals surface area contributed by atoms with Gasteiger partial charge in [0, 0.05) is 12.6 Å². The molecule has 2 atom stereocenters. The van der Waals surface area contributed by atoms with Crippen LogP contribution in [-0.4, -0.2) is 25.7 Å². The zero-order valence-corrected chi connectivity index (χ0v) is 23.3. The van der Waals surface area contributed by atoms with Crippen molar-refractivity contribution in [3.05, 3.63) is 112 Å². The van der Waals surface area contributed by atoms with Crippen LogP contribution in [0, 0.1) is 13.8 Å². The van der Waals surface area contributed by atoms with Crippen LogP contribution in [0.3, 0.4) is 0 Å². The number of likely N-dealkylation sites (N-methyl/N-ethyl adjacent to an activating group) is 1. The van der Waals surface area contributed by atoms with Crippen LogP contribution in [0.2, 0.25) is 0 Å². The molecule has 0 bridgehead atoms. The van der Waals surface area contributed by atoms with E-state index in [2.05, 4.69) is 26.1 Å². The maximum atomic E-state index is 14.4. The molecule has 0 radical (unpaired) electrons. The third-order valence-corrected chi connectivity index (χ3v) is 8.95. The quantitative estimate of drug-likeness (QED) is 0.442. The Balaban J connectivity index is 1.96. The fraction of sp³-hybridized carbons (Fsp3) is 0.323. The lowest BCUT2D eigenvalue weighted by Gasteiger charge is -2.41. The molecule has 0 aliphatic carbocycles. The van der Waals surface area contributed by atoms with E-state index in [4.69, 9.17) is 0 Å². The van der Waals surface area contributed by atoms with Gasteiger partial charge in [0.15, 0.2) is 0 Å². The van der Waals surface area contributed by atoms with Crippen LogP contribution < -0.4 is 5.32 Å². The molecule has 0 fully saturated rings. The molecule has 2 unspecified atom stereocenters. The van der Waals surface area contributed by atoms with Gasteiger partial charge >= 0.3 is 0 Å². The molecule has 0 aromatic heterocycles. The molecule has 1 aliphatic heterocycles. The Morgan fingerprint density at radius 1 is 0.838 bits per heavy atom. The average Bonchev–Trinajstić information content (AvgIpc) is 2.87. The number of hydrogen-bond donors (Lipinski definition) is 1. The summed E-state index contributed by atoms with van der Waals surface area (Å²) in [5.74, 6) is -0.281. The molecule has 5 nitrogen and oxygen atoms in total. The van der Waals surface area contributed by atoms with Gasteiger partial charge in [0.25, 0.3) is 0 Å². The smallest absolute Gasteiger partial charge is 0.248 e. The molecule has 0 saturated heterocycles. The van der Waals surface area contributed by atoms with Crippen LogP contribution in [0.4, 0.5) is 0 Å². The number of carbonyl (C=O) groups excluding carboxylic acids is 1. The molecular formula is C31H36N2O3S. The van der Waals surface area contributed by atoms with Crippen molar-refractivity contribution in [2.45, 2.75) is 63.4 Å². The van der Waals surface area contributed by atoms with Gasteiger partial charge in [-0.05, 0) is 54.5 Å². The second kappa shape index (κ2) is 10.3. The molecular weight excluding hydrogens is 480 g/mol. The first-order chi connectivity index (χ1) is 17.4. The first-order valence-electron chi connectivity index (χ1n) is 12.6. The van der Waals surface area contributed by atoms with E-state index in [0.717, 1.165) is 27.8 Å². The molecule has 4 rings (SSSR count). The lowest BCUT2D eigenvalue weighted by Crippen LogP contribution is -2.43. The van der Waals surface area contributed by atoms with Crippen molar-refractivity contribution in [1.82, 2.24) is 9.62 Å². The highest BCUT2D eigenvalue weighted by atomic mass is 32.2. The van der Waals surface area contributed by atoms with Gasteiger partial charge in [-0.3, -0.25) is 4.79 Å². The lowest BCUT2D eigenvalue weighted by atomic mass is 9.84. The summed E-state index contributed by atoms with van der Waals surface area (Å²) in [6.45, 7) is 10.4. The summed E-state index contributed by atoms with van der Waals surface area (Å²) in [5, 5.41) is 2.72. The van der Waals surface area contributed by atoms with Crippen molar-refractivity contribution in [2.24, 2.45) is 0 Å². The number of nitrogens with one attached hydrogen (secondary N) is 1. The van der Waals surface area contributed by atoms with Crippen molar-refractivity contribution in [3.8, 4) is 0 Å². The second-order valence-corrected chi connectivity index (χ2v) is 12.7. The van der Waals surface area contributed by atoms with E-state index in [9.17, 15) is 13.2 Å². The molecule has 1 amide bonds. The summed E-state index contributed by atoms with van der Waals surface area (Å²) >= 11 is 0. The maximum absolute atomic E-state index is 14.4. The topological polar surface area (TPSA) is 66.5 Å². The second-order valence-electron chi connectivity index (χ2n) is 10.8. The third-order valence-electron chi connectivity index (χ3n) is 7.06. The van der Waals surface area contributed by atoms with E-state index in [-0.39, 0.29) is 16.2 Å². The Kier molecular flexibility index (Phi) is 7.45. The van der Waals surface area contributed by atoms with E-state index in [1.165, 1.54) is 0 Å². The number of sulfonamides is 1. The minimum absolute atomic E-state index is 0.0529. The number of rotatable bonds is 5. The maximum Gasteiger partial charge on any atom is 0.248 e. The average molecular weight is 517 g/mol. The summed E-state index contributed by atoms with van der Waals surface area (Å²) in [5.41, 5.74) is 5.25. The minimum Gasteiger partial charge on any atom is -0.355 e. The molecule has 194 valence electrons. The SMILES string of the molecule is CNC(=O)C1=CCC(c2ccc(C)cc2)N(S(=O)(=O)c2ccc(C)cc2)C1c1ccc(C(C)(C)C)cc1. The minimum atomic E-state index is -3.98. The fourth-order valence-corrected chi connectivity index (χ4v) is 6.61. The number of carbonyl (C=O) groups is 1. The van der Waals surface area contributed by atoms with Crippen LogP contribution >= 0.6 is 0 Å². The highest BCUT2D eigenvalue weighted by Gasteiger charge is 2.44. The number of hydrogen-bond acceptors (Lipinski definition) is 3. The van der Waals surface area contributed by atoms with Crippen molar-refractivity contribution < 1.29 is 13.2 Å². The summed E-state index contributed by atoms with van der Waals surface area (Å²) < 4.78 is 30.3. The monoisotopic (exact) mass is 516 g/mol. The van der Waals surface area contributed by atoms with Crippen LogP contribution in [0.5, 0.6) is 0 Å². The predicted molar refractivity (Wildman–Crippen MR) is 149 cm³/mol. The number of amides is 1. The van der Waals surface area contributed by atoms with Gasteiger partial charge < -0.3 is 5.32 Å². The summed E-state index contributed by atoms with van der Waals surface area (Å²) in [6, 6.07) is 21.6. The predicted octanol–water partition coefficient (Wildman–Crippen LogP) is 6.15. The first kappa shape index (κ1) is 26.8. The lowest BCUT2D eigenvalue weighted by molar-refractivity contribution is -0.117. The Morgan fingerprint density at radius 2 is 1.35 bits per heavy atom. The van der Waals surface area contributed by atoms with Crippen molar-refractivity contribution in [1.29, 1.82) is 0 Å². The molecule has 0 spiro atoms. The van der Waals surface area contributed by atoms with Crippen molar-refractivity contribution in [2.75, 3.05) is 7.05 Å². The van der Waals surface area contributed by atoms with Crippen LogP contribution in [0.1, 0.15) is 67.1 Å². The number of nitrogens with zero attached hydrogens (tertiary/aromatic N) is 1. The van der Waals surface area contributed by atoms with Crippen LogP contribution in [0.15, 0.2) is 89.3 Å². The highest BCUT2D eigenvalue weighted by molar-refractivity contribution is 7.89. The van der Waals surface area contributed by atoms with E-state index in [0.29, 0.717) is 12.0 Å². The van der Waals surface area contributed by atoms with E-state index < -0.39 is 22.1 Å². The summed E-state index contributed by atoms with van der Waals surface area (Å²) in [7, 11) is -2.41. The summed E-state index contributed by atoms with van der Waals surface area (Å²) in [6.07, 6.45) is 2.29. The van der Waals surface area contributed by atoms with E-state index in [1.54, 1.807) is 35.6 Å². The Morgan fingerprint density at radius 3 is 1.86 bits per heavy atom. The van der Waals surface area contributed by atoms with E-state index in [1.807, 2.05) is 68.5 Å². The van der Waals surface area contributed by atoms with E-state index >= 15 is 0 Å². The largest absolute Gasteiger partial charge is 0.355 e. The zero-order chi connectivity index (χ0) is 27.0.